The Morgan fingerprint density at radius 2 is 1.55 bits per heavy atom. The summed E-state index contributed by atoms with van der Waals surface area (Å²) >= 11 is 0. The van der Waals surface area contributed by atoms with Crippen molar-refractivity contribution in [2.45, 2.75) is 83.5 Å². The average Bonchev–Trinajstić information content (AvgIpc) is 2.45. The van der Waals surface area contributed by atoms with E-state index < -0.39 is 31.5 Å². The zero-order chi connectivity index (χ0) is 15.6. The van der Waals surface area contributed by atoms with E-state index in [0.29, 0.717) is 6.42 Å². The first-order valence-electron chi connectivity index (χ1n) is 7.42. The van der Waals surface area contributed by atoms with E-state index >= 15 is 0 Å². The summed E-state index contributed by atoms with van der Waals surface area (Å²) in [5.41, 5.74) is -2.00. The Morgan fingerprint density at radius 1 is 1.05 bits per heavy atom. The van der Waals surface area contributed by atoms with Gasteiger partial charge in [0.25, 0.3) is 0 Å². The second-order valence-corrected chi connectivity index (χ2v) is 8.47. The maximum absolute atomic E-state index is 11.7. The van der Waals surface area contributed by atoms with Crippen molar-refractivity contribution in [3.8, 4) is 0 Å². The number of rotatable bonds is 7. The largest absolute Gasteiger partial charge is 0.473 e. The van der Waals surface area contributed by atoms with Crippen LogP contribution < -0.4 is 0 Å². The lowest BCUT2D eigenvalue weighted by Gasteiger charge is -2.32. The molecule has 1 aliphatic rings. The average molecular weight is 306 g/mol. The molecule has 2 N–H and O–H groups in total. The van der Waals surface area contributed by atoms with Gasteiger partial charge in [-0.3, -0.25) is 4.57 Å². The number of hydrogen-bond acceptors (Lipinski definition) is 3. The Balaban J connectivity index is 2.74. The van der Waals surface area contributed by atoms with E-state index in [9.17, 15) is 14.4 Å². The molecule has 0 spiro atoms. The van der Waals surface area contributed by atoms with Crippen LogP contribution in [0.5, 0.6) is 0 Å². The topological polar surface area (TPSA) is 76.0 Å². The molecule has 1 fully saturated rings. The number of unbranched alkanes of at least 4 members (excludes halogenated alkanes) is 3. The fourth-order valence-corrected chi connectivity index (χ4v) is 3.25. The van der Waals surface area contributed by atoms with E-state index in [0.717, 1.165) is 25.7 Å². The Bertz CT molecular complexity index is 350. The van der Waals surface area contributed by atoms with E-state index in [1.807, 2.05) is 27.7 Å². The van der Waals surface area contributed by atoms with Crippen LogP contribution in [0.3, 0.4) is 0 Å². The molecule has 1 heterocycles. The van der Waals surface area contributed by atoms with Crippen molar-refractivity contribution < 1.29 is 23.7 Å². The summed E-state index contributed by atoms with van der Waals surface area (Å²) in [5, 5.41) is 0. The van der Waals surface area contributed by atoms with Gasteiger partial charge in [-0.25, -0.2) is 0 Å². The Kier molecular flexibility index (Phi) is 5.90. The molecule has 20 heavy (non-hydrogen) atoms. The molecule has 0 radical (unpaired) electrons. The summed E-state index contributed by atoms with van der Waals surface area (Å²) in [5.74, 6) is 0. The lowest BCUT2D eigenvalue weighted by molar-refractivity contribution is 0.00578. The third kappa shape index (κ3) is 4.31. The van der Waals surface area contributed by atoms with Crippen LogP contribution in [-0.4, -0.2) is 33.7 Å². The highest BCUT2D eigenvalue weighted by Crippen LogP contribution is 2.49. The molecule has 0 amide bonds. The van der Waals surface area contributed by atoms with Crippen LogP contribution in [-0.2, 0) is 13.9 Å². The Labute approximate surface area is 122 Å². The van der Waals surface area contributed by atoms with Crippen LogP contribution in [0, 0.1) is 0 Å². The van der Waals surface area contributed by atoms with Crippen LogP contribution in [0.25, 0.3) is 0 Å². The molecule has 1 atom stereocenters. The molecule has 0 saturated carbocycles. The molecular weight excluding hydrogens is 278 g/mol. The van der Waals surface area contributed by atoms with Gasteiger partial charge < -0.3 is 19.1 Å². The second-order valence-electron chi connectivity index (χ2n) is 6.63. The van der Waals surface area contributed by atoms with Gasteiger partial charge in [-0.15, -0.1) is 0 Å². The molecule has 0 bridgehead atoms. The van der Waals surface area contributed by atoms with Crippen molar-refractivity contribution in [3.05, 3.63) is 0 Å². The predicted molar refractivity (Wildman–Crippen MR) is 80.7 cm³/mol. The minimum absolute atomic E-state index is 0.432. The van der Waals surface area contributed by atoms with Gasteiger partial charge in [0, 0.05) is 0 Å². The summed E-state index contributed by atoms with van der Waals surface area (Å²) in [7, 11) is -5.07. The maximum Gasteiger partial charge on any atom is 0.473 e. The Morgan fingerprint density at radius 3 is 1.95 bits per heavy atom. The quantitative estimate of drug-likeness (QED) is 0.429. The van der Waals surface area contributed by atoms with Gasteiger partial charge in [-0.05, 0) is 34.1 Å². The highest BCUT2D eigenvalue weighted by molar-refractivity contribution is 7.55. The molecule has 1 rings (SSSR count). The van der Waals surface area contributed by atoms with E-state index in [-0.39, 0.29) is 0 Å². The molecule has 1 aliphatic heterocycles. The van der Waals surface area contributed by atoms with Gasteiger partial charge in [0.05, 0.1) is 16.8 Å². The summed E-state index contributed by atoms with van der Waals surface area (Å²) in [4.78, 5) is 19.2. The molecule has 1 unspecified atom stereocenters. The fourth-order valence-electron chi connectivity index (χ4n) is 2.29. The van der Waals surface area contributed by atoms with Crippen LogP contribution in [0.15, 0.2) is 0 Å². The van der Waals surface area contributed by atoms with Crippen molar-refractivity contribution in [3.63, 3.8) is 0 Å². The van der Waals surface area contributed by atoms with E-state index in [4.69, 9.17) is 9.31 Å². The molecule has 0 aromatic heterocycles. The Hall–Kier alpha value is 0.135. The van der Waals surface area contributed by atoms with E-state index in [2.05, 4.69) is 6.92 Å². The van der Waals surface area contributed by atoms with Gasteiger partial charge in [0.15, 0.2) is 0 Å². The molecule has 5 nitrogen and oxygen atoms in total. The van der Waals surface area contributed by atoms with Gasteiger partial charge in [-0.1, -0.05) is 32.6 Å². The highest BCUT2D eigenvalue weighted by Gasteiger charge is 2.57. The smallest absolute Gasteiger partial charge is 0.403 e. The standard InChI is InChI=1S/C13H28BO5P/c1-6-7-8-9-10-11(20(15,16)17)14-18-12(2,3)13(4,5)19-14/h11H,6-10H2,1-5H3,(H2,15,16,17). The molecular formula is C13H28BO5P. The van der Waals surface area contributed by atoms with Crippen molar-refractivity contribution in [2.75, 3.05) is 0 Å². The lowest BCUT2D eigenvalue weighted by atomic mass is 9.81. The van der Waals surface area contributed by atoms with E-state index in [1.54, 1.807) is 0 Å². The summed E-state index contributed by atoms with van der Waals surface area (Å²) in [6.07, 6.45) is 4.37. The minimum Gasteiger partial charge on any atom is -0.403 e. The molecule has 118 valence electrons. The number of hydrogen-bond donors (Lipinski definition) is 2. The molecule has 0 aliphatic carbocycles. The zero-order valence-electron chi connectivity index (χ0n) is 13.3. The molecule has 0 aromatic carbocycles. The van der Waals surface area contributed by atoms with Gasteiger partial charge in [0.2, 0.25) is 0 Å². The lowest BCUT2D eigenvalue weighted by Crippen LogP contribution is -2.41. The molecule has 1 saturated heterocycles. The second kappa shape index (κ2) is 6.49. The third-order valence-electron chi connectivity index (χ3n) is 4.37. The van der Waals surface area contributed by atoms with Crippen molar-refractivity contribution >= 4 is 14.7 Å². The summed E-state index contributed by atoms with van der Waals surface area (Å²) in [6, 6.07) is 0. The van der Waals surface area contributed by atoms with Crippen molar-refractivity contribution in [1.29, 1.82) is 0 Å². The van der Waals surface area contributed by atoms with Crippen LogP contribution >= 0.6 is 7.60 Å². The normalized spacial score (nSPS) is 23.1. The summed E-state index contributed by atoms with van der Waals surface area (Å²) in [6.45, 7) is 9.66. The molecule has 7 heteroatoms. The predicted octanol–water partition coefficient (Wildman–Crippen LogP) is 3.13. The fraction of sp³-hybridized carbons (Fsp3) is 1.00. The van der Waals surface area contributed by atoms with Crippen molar-refractivity contribution in [1.82, 2.24) is 0 Å². The van der Waals surface area contributed by atoms with E-state index in [1.165, 1.54) is 0 Å². The van der Waals surface area contributed by atoms with Crippen molar-refractivity contribution in [2.24, 2.45) is 0 Å². The van der Waals surface area contributed by atoms with Crippen LogP contribution in [0.1, 0.15) is 66.7 Å². The third-order valence-corrected chi connectivity index (χ3v) is 5.74. The first-order valence-corrected chi connectivity index (χ1v) is 9.10. The maximum atomic E-state index is 11.7. The first-order chi connectivity index (χ1) is 9.01. The van der Waals surface area contributed by atoms with Crippen LogP contribution in [0.2, 0.25) is 0 Å². The first kappa shape index (κ1) is 18.2. The monoisotopic (exact) mass is 306 g/mol. The highest BCUT2D eigenvalue weighted by atomic mass is 31.2. The SMILES string of the molecule is CCCCCCC(B1OC(C)(C)C(C)(C)O1)P(=O)(O)O. The minimum atomic E-state index is -4.24. The van der Waals surface area contributed by atoms with Gasteiger partial charge >= 0.3 is 14.7 Å². The molecule has 0 aromatic rings. The van der Waals surface area contributed by atoms with Gasteiger partial charge in [0.1, 0.15) is 0 Å². The van der Waals surface area contributed by atoms with Gasteiger partial charge in [-0.2, -0.15) is 0 Å². The van der Waals surface area contributed by atoms with Crippen LogP contribution in [0.4, 0.5) is 0 Å². The summed E-state index contributed by atoms with van der Waals surface area (Å²) < 4.78 is 23.3. The zero-order valence-corrected chi connectivity index (χ0v) is 14.2.